The Morgan fingerprint density at radius 1 is 1.03 bits per heavy atom. The fourth-order valence-electron chi connectivity index (χ4n) is 3.93. The minimum Gasteiger partial charge on any atom is -0.319 e. The number of hydrogen-bond donors (Lipinski definition) is 1. The number of hydrogen-bond acceptors (Lipinski definition) is 5. The fraction of sp³-hybridized carbons (Fsp3) is 0.280. The van der Waals surface area contributed by atoms with Crippen LogP contribution in [-0.2, 0) is 11.8 Å². The zero-order valence-electron chi connectivity index (χ0n) is 19.3. The molecule has 5 rings (SSSR count). The molecule has 2 aromatic carbocycles. The topological polar surface area (TPSA) is 86.7 Å². The van der Waals surface area contributed by atoms with Crippen LogP contribution in [0.2, 0.25) is 0 Å². The molecule has 0 saturated heterocycles. The van der Waals surface area contributed by atoms with Gasteiger partial charge in [0.05, 0.1) is 16.6 Å². The lowest BCUT2D eigenvalue weighted by Crippen LogP contribution is -2.27. The molecule has 0 radical (unpaired) electrons. The van der Waals surface area contributed by atoms with Crippen molar-refractivity contribution in [1.82, 2.24) is 24.1 Å². The maximum Gasteiger partial charge on any atom is 0.295 e. The molecule has 1 unspecified atom stereocenters. The molecule has 9 heteroatoms. The van der Waals surface area contributed by atoms with Gasteiger partial charge in [0.1, 0.15) is 11.5 Å². The second-order valence-electron chi connectivity index (χ2n) is 8.47. The average molecular weight is 475 g/mol. The highest BCUT2D eigenvalue weighted by Crippen LogP contribution is 2.41. The van der Waals surface area contributed by atoms with Crippen molar-refractivity contribution in [2.24, 2.45) is 7.05 Å². The van der Waals surface area contributed by atoms with E-state index >= 15 is 0 Å². The zero-order valence-corrected chi connectivity index (χ0v) is 20.1. The summed E-state index contributed by atoms with van der Waals surface area (Å²) in [6, 6.07) is 19.3. The van der Waals surface area contributed by atoms with Crippen molar-refractivity contribution in [3.05, 3.63) is 82.5 Å². The van der Waals surface area contributed by atoms with Gasteiger partial charge in [-0.25, -0.2) is 4.68 Å². The molecular weight excluding hydrogens is 448 g/mol. The summed E-state index contributed by atoms with van der Waals surface area (Å²) in [7, 11) is 1.80. The summed E-state index contributed by atoms with van der Waals surface area (Å²) in [5.41, 5.74) is 2.42. The molecule has 0 bridgehead atoms. The van der Waals surface area contributed by atoms with Crippen LogP contribution in [-0.4, -0.2) is 35.3 Å². The Morgan fingerprint density at radius 3 is 2.26 bits per heavy atom. The zero-order chi connectivity index (χ0) is 23.8. The molecule has 174 valence electrons. The number of carbonyl (C=O) groups excluding carboxylic acids is 1. The van der Waals surface area contributed by atoms with Crippen LogP contribution in [0.4, 0.5) is 5.69 Å². The van der Waals surface area contributed by atoms with Crippen LogP contribution < -0.4 is 10.9 Å². The molecule has 8 nitrogen and oxygen atoms in total. The average Bonchev–Trinajstić information content (AvgIpc) is 3.58. The van der Waals surface area contributed by atoms with Crippen LogP contribution in [0.3, 0.4) is 0 Å². The highest BCUT2D eigenvalue weighted by molar-refractivity contribution is 8.00. The van der Waals surface area contributed by atoms with Gasteiger partial charge in [0.15, 0.2) is 5.16 Å². The molecule has 1 amide bonds. The first-order chi connectivity index (χ1) is 16.5. The van der Waals surface area contributed by atoms with Crippen molar-refractivity contribution in [1.29, 1.82) is 0 Å². The molecule has 2 heterocycles. The first-order valence-electron chi connectivity index (χ1n) is 11.3. The number of benzene rings is 2. The van der Waals surface area contributed by atoms with Crippen LogP contribution in [0.25, 0.3) is 11.4 Å². The highest BCUT2D eigenvalue weighted by atomic mass is 32.2. The Morgan fingerprint density at radius 2 is 1.65 bits per heavy atom. The van der Waals surface area contributed by atoms with Crippen LogP contribution >= 0.6 is 11.8 Å². The van der Waals surface area contributed by atoms with Crippen molar-refractivity contribution in [2.75, 3.05) is 5.32 Å². The third-order valence-electron chi connectivity index (χ3n) is 6.07. The molecule has 0 spiro atoms. The van der Waals surface area contributed by atoms with E-state index < -0.39 is 5.25 Å². The van der Waals surface area contributed by atoms with E-state index in [-0.39, 0.29) is 17.2 Å². The number of thioether (sulfide) groups is 1. The van der Waals surface area contributed by atoms with Crippen LogP contribution in [0.15, 0.2) is 70.6 Å². The smallest absolute Gasteiger partial charge is 0.295 e. The number of nitrogens with zero attached hydrogens (tertiary/aromatic N) is 5. The van der Waals surface area contributed by atoms with E-state index in [4.69, 9.17) is 0 Å². The van der Waals surface area contributed by atoms with E-state index in [9.17, 15) is 9.59 Å². The van der Waals surface area contributed by atoms with Gasteiger partial charge in [-0.15, -0.1) is 10.2 Å². The number of amides is 1. The normalized spacial score (nSPS) is 14.2. The summed E-state index contributed by atoms with van der Waals surface area (Å²) in [6.45, 7) is 3.64. The second kappa shape index (κ2) is 8.98. The Hall–Kier alpha value is -3.59. The standard InChI is InChI=1S/C25H26N6O2S/c1-16-21(24(33)31(29(16)3)20-12-8-5-9-13-20)26-23(32)17(2)34-25-28-27-22(18-14-15-18)30(25)19-10-6-4-7-11-19/h4-13,17-18H,14-15H2,1-3H3,(H,26,32). The van der Waals surface area contributed by atoms with Crippen molar-refractivity contribution in [3.8, 4) is 11.4 Å². The molecule has 1 aliphatic rings. The summed E-state index contributed by atoms with van der Waals surface area (Å²) in [6.07, 6.45) is 2.21. The van der Waals surface area contributed by atoms with E-state index in [2.05, 4.69) is 15.5 Å². The number of nitrogens with one attached hydrogen (secondary N) is 1. The summed E-state index contributed by atoms with van der Waals surface area (Å²) in [5.74, 6) is 1.09. The van der Waals surface area contributed by atoms with Gasteiger partial charge in [0, 0.05) is 18.7 Å². The van der Waals surface area contributed by atoms with Gasteiger partial charge in [-0.1, -0.05) is 48.2 Å². The van der Waals surface area contributed by atoms with Gasteiger partial charge in [0.25, 0.3) is 5.56 Å². The Labute approximate surface area is 201 Å². The second-order valence-corrected chi connectivity index (χ2v) is 9.78. The number of aromatic nitrogens is 5. The molecular formula is C25H26N6O2S. The molecule has 1 aliphatic carbocycles. The summed E-state index contributed by atoms with van der Waals surface area (Å²) in [4.78, 5) is 26.3. The predicted octanol–water partition coefficient (Wildman–Crippen LogP) is 4.06. The number of carbonyl (C=O) groups is 1. The minimum absolute atomic E-state index is 0.258. The molecule has 1 N–H and O–H groups in total. The Kier molecular flexibility index (Phi) is 5.87. The molecule has 1 fully saturated rings. The largest absolute Gasteiger partial charge is 0.319 e. The van der Waals surface area contributed by atoms with Crippen molar-refractivity contribution in [2.45, 2.75) is 43.0 Å². The Bertz CT molecular complexity index is 1390. The van der Waals surface area contributed by atoms with Crippen molar-refractivity contribution in [3.63, 3.8) is 0 Å². The molecule has 1 saturated carbocycles. The van der Waals surface area contributed by atoms with E-state index in [1.807, 2.05) is 79.1 Å². The van der Waals surface area contributed by atoms with Gasteiger partial charge >= 0.3 is 0 Å². The number of anilines is 1. The molecule has 4 aromatic rings. The summed E-state index contributed by atoms with van der Waals surface area (Å²) in [5, 5.41) is 11.9. The van der Waals surface area contributed by atoms with Gasteiger partial charge in [-0.3, -0.25) is 18.8 Å². The van der Waals surface area contributed by atoms with Gasteiger partial charge < -0.3 is 5.32 Å². The van der Waals surface area contributed by atoms with Crippen LogP contribution in [0, 0.1) is 6.92 Å². The monoisotopic (exact) mass is 474 g/mol. The van der Waals surface area contributed by atoms with E-state index in [1.165, 1.54) is 11.8 Å². The third kappa shape index (κ3) is 4.07. The number of rotatable bonds is 7. The third-order valence-corrected chi connectivity index (χ3v) is 7.11. The van der Waals surface area contributed by atoms with E-state index in [0.717, 1.165) is 30.0 Å². The quantitative estimate of drug-likeness (QED) is 0.408. The molecule has 2 aromatic heterocycles. The molecule has 0 aliphatic heterocycles. The molecule has 1 atom stereocenters. The predicted molar refractivity (Wildman–Crippen MR) is 133 cm³/mol. The summed E-state index contributed by atoms with van der Waals surface area (Å²) >= 11 is 1.34. The van der Waals surface area contributed by atoms with Crippen molar-refractivity contribution >= 4 is 23.4 Å². The summed E-state index contributed by atoms with van der Waals surface area (Å²) < 4.78 is 5.35. The maximum atomic E-state index is 13.1. The highest BCUT2D eigenvalue weighted by Gasteiger charge is 2.32. The first-order valence-corrected chi connectivity index (χ1v) is 12.2. The van der Waals surface area contributed by atoms with E-state index in [0.29, 0.717) is 16.8 Å². The van der Waals surface area contributed by atoms with Gasteiger partial charge in [0.2, 0.25) is 5.91 Å². The fourth-order valence-corrected chi connectivity index (χ4v) is 4.81. The maximum absolute atomic E-state index is 13.1. The lowest BCUT2D eigenvalue weighted by molar-refractivity contribution is -0.115. The van der Waals surface area contributed by atoms with Crippen LogP contribution in [0.1, 0.15) is 37.2 Å². The lowest BCUT2D eigenvalue weighted by Gasteiger charge is -2.13. The number of para-hydroxylation sites is 2. The van der Waals surface area contributed by atoms with Crippen molar-refractivity contribution < 1.29 is 4.79 Å². The van der Waals surface area contributed by atoms with Gasteiger partial charge in [-0.05, 0) is 51.0 Å². The van der Waals surface area contributed by atoms with Gasteiger partial charge in [-0.2, -0.15) is 0 Å². The lowest BCUT2D eigenvalue weighted by atomic mass is 10.3. The Balaban J connectivity index is 1.39. The molecule has 34 heavy (non-hydrogen) atoms. The minimum atomic E-state index is -0.483. The van der Waals surface area contributed by atoms with E-state index in [1.54, 1.807) is 16.4 Å². The SMILES string of the molecule is Cc1c(NC(=O)C(C)Sc2nnc(C3CC3)n2-c2ccccc2)c(=O)n(-c2ccccc2)n1C. The first kappa shape index (κ1) is 22.2. The van der Waals surface area contributed by atoms with Crippen LogP contribution in [0.5, 0.6) is 0 Å².